The zero-order valence-corrected chi connectivity index (χ0v) is 16.6. The Morgan fingerprint density at radius 3 is 2.21 bits per heavy atom. The highest BCUT2D eigenvalue weighted by Crippen LogP contribution is 2.21. The molecule has 6 heteroatoms. The van der Waals surface area contributed by atoms with Crippen molar-refractivity contribution >= 4 is 21.6 Å². The summed E-state index contributed by atoms with van der Waals surface area (Å²) in [5.41, 5.74) is 3.77. The average Bonchev–Trinajstić information content (AvgIpc) is 2.69. The molecule has 0 unspecified atom stereocenters. The van der Waals surface area contributed by atoms with Gasteiger partial charge in [-0.15, -0.1) is 0 Å². The second-order valence-electron chi connectivity index (χ2n) is 6.62. The fourth-order valence-electron chi connectivity index (χ4n) is 2.71. The Morgan fingerprint density at radius 1 is 0.893 bits per heavy atom. The van der Waals surface area contributed by atoms with E-state index in [2.05, 4.69) is 10.0 Å². The monoisotopic (exact) mass is 394 g/mol. The SMILES string of the molecule is Cc1ccc(CNC(=O)c2ccc(NS(=O)(=O)c3ccccc3)c(C)c2)cc1. The van der Waals surface area contributed by atoms with E-state index in [0.717, 1.165) is 5.56 Å². The highest BCUT2D eigenvalue weighted by molar-refractivity contribution is 7.92. The maximum atomic E-state index is 12.5. The van der Waals surface area contributed by atoms with Gasteiger partial charge in [0, 0.05) is 12.1 Å². The smallest absolute Gasteiger partial charge is 0.261 e. The molecule has 0 aliphatic rings. The van der Waals surface area contributed by atoms with E-state index >= 15 is 0 Å². The van der Waals surface area contributed by atoms with Crippen molar-refractivity contribution in [3.05, 3.63) is 95.1 Å². The lowest BCUT2D eigenvalue weighted by molar-refractivity contribution is 0.0951. The normalized spacial score (nSPS) is 11.1. The van der Waals surface area contributed by atoms with Crippen molar-refractivity contribution in [2.24, 2.45) is 0 Å². The van der Waals surface area contributed by atoms with Crippen molar-refractivity contribution in [3.8, 4) is 0 Å². The number of aryl methyl sites for hydroxylation is 2. The van der Waals surface area contributed by atoms with Gasteiger partial charge in [0.05, 0.1) is 10.6 Å². The number of sulfonamides is 1. The van der Waals surface area contributed by atoms with E-state index in [1.165, 1.54) is 17.7 Å². The van der Waals surface area contributed by atoms with Crippen molar-refractivity contribution in [2.45, 2.75) is 25.3 Å². The molecule has 0 bridgehead atoms. The van der Waals surface area contributed by atoms with E-state index < -0.39 is 10.0 Å². The number of hydrogen-bond donors (Lipinski definition) is 2. The van der Waals surface area contributed by atoms with Gasteiger partial charge in [0.2, 0.25) is 0 Å². The largest absolute Gasteiger partial charge is 0.348 e. The van der Waals surface area contributed by atoms with E-state index in [4.69, 9.17) is 0 Å². The van der Waals surface area contributed by atoms with Crippen LogP contribution in [0, 0.1) is 13.8 Å². The molecule has 3 rings (SSSR count). The number of hydrogen-bond acceptors (Lipinski definition) is 3. The van der Waals surface area contributed by atoms with Crippen LogP contribution in [0.25, 0.3) is 0 Å². The van der Waals surface area contributed by atoms with E-state index in [0.29, 0.717) is 23.4 Å². The third-order valence-corrected chi connectivity index (χ3v) is 5.74. The maximum Gasteiger partial charge on any atom is 0.261 e. The fraction of sp³-hybridized carbons (Fsp3) is 0.136. The van der Waals surface area contributed by atoms with Crippen molar-refractivity contribution in [3.63, 3.8) is 0 Å². The maximum absolute atomic E-state index is 12.5. The van der Waals surface area contributed by atoms with Crippen LogP contribution in [0.4, 0.5) is 5.69 Å². The Kier molecular flexibility index (Phi) is 5.80. The van der Waals surface area contributed by atoms with Gasteiger partial charge in [0.1, 0.15) is 0 Å². The van der Waals surface area contributed by atoms with Crippen LogP contribution in [0.3, 0.4) is 0 Å². The summed E-state index contributed by atoms with van der Waals surface area (Å²) in [6.07, 6.45) is 0. The first kappa shape index (κ1) is 19.6. The lowest BCUT2D eigenvalue weighted by atomic mass is 10.1. The summed E-state index contributed by atoms with van der Waals surface area (Å²) in [7, 11) is -3.67. The van der Waals surface area contributed by atoms with Gasteiger partial charge >= 0.3 is 0 Å². The summed E-state index contributed by atoms with van der Waals surface area (Å²) in [6, 6.07) is 21.0. The predicted octanol–water partition coefficient (Wildman–Crippen LogP) is 4.03. The van der Waals surface area contributed by atoms with Crippen molar-refractivity contribution in [2.75, 3.05) is 4.72 Å². The molecule has 0 saturated carbocycles. The molecular formula is C22H22N2O3S. The van der Waals surface area contributed by atoms with Gasteiger partial charge in [-0.3, -0.25) is 9.52 Å². The van der Waals surface area contributed by atoms with E-state index in [1.807, 2.05) is 31.2 Å². The Hall–Kier alpha value is -3.12. The molecule has 0 aromatic heterocycles. The molecule has 2 N–H and O–H groups in total. The van der Waals surface area contributed by atoms with Gasteiger partial charge in [0.15, 0.2) is 0 Å². The summed E-state index contributed by atoms with van der Waals surface area (Å²) >= 11 is 0. The van der Waals surface area contributed by atoms with Gasteiger partial charge in [-0.1, -0.05) is 48.0 Å². The van der Waals surface area contributed by atoms with Crippen LogP contribution in [0.5, 0.6) is 0 Å². The zero-order chi connectivity index (χ0) is 20.1. The van der Waals surface area contributed by atoms with E-state index in [-0.39, 0.29) is 10.8 Å². The minimum Gasteiger partial charge on any atom is -0.348 e. The first-order chi connectivity index (χ1) is 13.3. The lowest BCUT2D eigenvalue weighted by Crippen LogP contribution is -2.23. The first-order valence-electron chi connectivity index (χ1n) is 8.87. The number of amides is 1. The molecule has 0 aliphatic heterocycles. The van der Waals surface area contributed by atoms with Crippen LogP contribution in [0.1, 0.15) is 27.0 Å². The number of carbonyl (C=O) groups excluding carboxylic acids is 1. The molecule has 1 amide bonds. The number of carbonyl (C=O) groups is 1. The standard InChI is InChI=1S/C22H22N2O3S/c1-16-8-10-18(11-9-16)15-23-22(25)19-12-13-21(17(2)14-19)24-28(26,27)20-6-4-3-5-7-20/h3-14,24H,15H2,1-2H3,(H,23,25). The molecule has 0 atom stereocenters. The van der Waals surface area contributed by atoms with Crippen molar-refractivity contribution in [1.82, 2.24) is 5.32 Å². The molecule has 0 heterocycles. The van der Waals surface area contributed by atoms with Crippen LogP contribution in [0.15, 0.2) is 77.7 Å². The average molecular weight is 394 g/mol. The fourth-order valence-corrected chi connectivity index (χ4v) is 3.86. The molecule has 0 radical (unpaired) electrons. The molecule has 0 fully saturated rings. The molecule has 144 valence electrons. The Bertz CT molecular complexity index is 1080. The Balaban J connectivity index is 1.69. The van der Waals surface area contributed by atoms with Crippen LogP contribution >= 0.6 is 0 Å². The van der Waals surface area contributed by atoms with Gasteiger partial charge in [0.25, 0.3) is 15.9 Å². The van der Waals surface area contributed by atoms with Gasteiger partial charge in [-0.2, -0.15) is 0 Å². The summed E-state index contributed by atoms with van der Waals surface area (Å²) in [5, 5.41) is 2.88. The van der Waals surface area contributed by atoms with Crippen LogP contribution in [-0.2, 0) is 16.6 Å². The quantitative estimate of drug-likeness (QED) is 0.663. The van der Waals surface area contributed by atoms with E-state index in [1.54, 1.807) is 43.3 Å². The molecule has 0 aliphatic carbocycles. The summed E-state index contributed by atoms with van der Waals surface area (Å²) in [5.74, 6) is -0.207. The van der Waals surface area contributed by atoms with Crippen molar-refractivity contribution in [1.29, 1.82) is 0 Å². The number of benzene rings is 3. The van der Waals surface area contributed by atoms with E-state index in [9.17, 15) is 13.2 Å². The topological polar surface area (TPSA) is 75.3 Å². The Morgan fingerprint density at radius 2 is 1.57 bits per heavy atom. The number of rotatable bonds is 6. The van der Waals surface area contributed by atoms with Gasteiger partial charge in [-0.25, -0.2) is 8.42 Å². The molecule has 3 aromatic carbocycles. The number of nitrogens with one attached hydrogen (secondary N) is 2. The predicted molar refractivity (Wildman–Crippen MR) is 111 cm³/mol. The molecule has 28 heavy (non-hydrogen) atoms. The third-order valence-electron chi connectivity index (χ3n) is 4.36. The minimum atomic E-state index is -3.67. The second-order valence-corrected chi connectivity index (χ2v) is 8.30. The summed E-state index contributed by atoms with van der Waals surface area (Å²) < 4.78 is 27.5. The molecule has 5 nitrogen and oxygen atoms in total. The molecule has 0 saturated heterocycles. The molecular weight excluding hydrogens is 372 g/mol. The summed E-state index contributed by atoms with van der Waals surface area (Å²) in [4.78, 5) is 12.6. The van der Waals surface area contributed by atoms with Crippen LogP contribution in [0.2, 0.25) is 0 Å². The van der Waals surface area contributed by atoms with Gasteiger partial charge in [-0.05, 0) is 55.3 Å². The number of anilines is 1. The Labute approximate surface area is 165 Å². The minimum absolute atomic E-state index is 0.189. The van der Waals surface area contributed by atoms with Crippen molar-refractivity contribution < 1.29 is 13.2 Å². The zero-order valence-electron chi connectivity index (χ0n) is 15.8. The highest BCUT2D eigenvalue weighted by atomic mass is 32.2. The first-order valence-corrected chi connectivity index (χ1v) is 10.4. The highest BCUT2D eigenvalue weighted by Gasteiger charge is 2.15. The lowest BCUT2D eigenvalue weighted by Gasteiger charge is -2.12. The second kappa shape index (κ2) is 8.27. The van der Waals surface area contributed by atoms with Crippen LogP contribution in [-0.4, -0.2) is 14.3 Å². The van der Waals surface area contributed by atoms with Gasteiger partial charge < -0.3 is 5.32 Å². The van der Waals surface area contributed by atoms with Crippen LogP contribution < -0.4 is 10.0 Å². The molecule has 0 spiro atoms. The summed E-state index contributed by atoms with van der Waals surface area (Å²) in [6.45, 7) is 4.21. The third kappa shape index (κ3) is 4.78. The molecule has 3 aromatic rings.